The minimum Gasteiger partial charge on any atom is -0.481 e. The van der Waals surface area contributed by atoms with E-state index >= 15 is 0 Å². The van der Waals surface area contributed by atoms with E-state index in [9.17, 15) is 9.18 Å². The number of carbonyl (C=O) groups is 1. The molecule has 6 heteroatoms. The quantitative estimate of drug-likeness (QED) is 0.770. The molecular weight excluding hydrogens is 287 g/mol. The van der Waals surface area contributed by atoms with Gasteiger partial charge in [-0.15, -0.1) is 0 Å². The van der Waals surface area contributed by atoms with Gasteiger partial charge in [0.15, 0.2) is 23.9 Å². The number of ether oxygens (including phenoxy) is 1. The van der Waals surface area contributed by atoms with E-state index in [4.69, 9.17) is 9.15 Å². The molecule has 0 fully saturated rings. The SMILES string of the molecule is C=C(C)CN(C)C(=O)c1coc(COc2ccccc2F)n1. The number of rotatable bonds is 6. The van der Waals surface area contributed by atoms with Crippen molar-refractivity contribution >= 4 is 5.91 Å². The molecule has 0 atom stereocenters. The van der Waals surface area contributed by atoms with E-state index in [0.29, 0.717) is 6.54 Å². The van der Waals surface area contributed by atoms with Crippen molar-refractivity contribution in [2.45, 2.75) is 13.5 Å². The Morgan fingerprint density at radius 2 is 2.18 bits per heavy atom. The molecule has 1 aromatic heterocycles. The number of amides is 1. The zero-order chi connectivity index (χ0) is 16.1. The lowest BCUT2D eigenvalue weighted by Crippen LogP contribution is -2.28. The number of para-hydroxylation sites is 1. The molecule has 116 valence electrons. The molecule has 0 aliphatic rings. The predicted molar refractivity (Wildman–Crippen MR) is 79.0 cm³/mol. The zero-order valence-electron chi connectivity index (χ0n) is 12.5. The van der Waals surface area contributed by atoms with Crippen molar-refractivity contribution in [3.8, 4) is 5.75 Å². The van der Waals surface area contributed by atoms with Gasteiger partial charge in [-0.1, -0.05) is 24.3 Å². The first kappa shape index (κ1) is 15.8. The van der Waals surface area contributed by atoms with Gasteiger partial charge in [-0.05, 0) is 19.1 Å². The van der Waals surface area contributed by atoms with Crippen molar-refractivity contribution in [2.75, 3.05) is 13.6 Å². The summed E-state index contributed by atoms with van der Waals surface area (Å²) in [4.78, 5) is 17.6. The molecule has 5 nitrogen and oxygen atoms in total. The number of hydrogen-bond donors (Lipinski definition) is 0. The standard InChI is InChI=1S/C16H17FN2O3/c1-11(2)8-19(3)16(20)13-9-22-15(18-13)10-21-14-7-5-4-6-12(14)17/h4-7,9H,1,8,10H2,2-3H3. The topological polar surface area (TPSA) is 55.6 Å². The number of likely N-dealkylation sites (N-methyl/N-ethyl adjacent to an activating group) is 1. The van der Waals surface area contributed by atoms with Crippen LogP contribution in [-0.2, 0) is 6.61 Å². The third-order valence-electron chi connectivity index (χ3n) is 2.81. The smallest absolute Gasteiger partial charge is 0.275 e. The molecule has 1 heterocycles. The van der Waals surface area contributed by atoms with Crippen LogP contribution in [0.1, 0.15) is 23.3 Å². The van der Waals surface area contributed by atoms with Gasteiger partial charge in [0.2, 0.25) is 5.89 Å². The van der Waals surface area contributed by atoms with E-state index < -0.39 is 5.82 Å². The van der Waals surface area contributed by atoms with E-state index in [0.717, 1.165) is 5.57 Å². The number of halogens is 1. The number of nitrogens with zero attached hydrogens (tertiary/aromatic N) is 2. The summed E-state index contributed by atoms with van der Waals surface area (Å²) in [5.41, 5.74) is 1.04. The Balaban J connectivity index is 1.98. The second kappa shape index (κ2) is 6.89. The molecule has 2 aromatic rings. The van der Waals surface area contributed by atoms with Gasteiger partial charge in [0.25, 0.3) is 5.91 Å². The van der Waals surface area contributed by atoms with Crippen molar-refractivity contribution in [3.05, 3.63) is 60.1 Å². The first-order valence-electron chi connectivity index (χ1n) is 6.69. The molecule has 0 saturated heterocycles. The Bertz CT molecular complexity index is 682. The Labute approximate surface area is 128 Å². The van der Waals surface area contributed by atoms with Crippen molar-refractivity contribution in [1.82, 2.24) is 9.88 Å². The summed E-state index contributed by atoms with van der Waals surface area (Å²) in [6.45, 7) is 5.97. The predicted octanol–water partition coefficient (Wildman–Crippen LogP) is 3.04. The van der Waals surface area contributed by atoms with Crippen LogP contribution in [-0.4, -0.2) is 29.4 Å². The average Bonchev–Trinajstić information content (AvgIpc) is 2.93. The maximum Gasteiger partial charge on any atom is 0.275 e. The molecule has 0 N–H and O–H groups in total. The number of aromatic nitrogens is 1. The molecular formula is C16H17FN2O3. The molecule has 0 radical (unpaired) electrons. The van der Waals surface area contributed by atoms with Crippen molar-refractivity contribution in [3.63, 3.8) is 0 Å². The third kappa shape index (κ3) is 3.94. The fourth-order valence-corrected chi connectivity index (χ4v) is 1.85. The van der Waals surface area contributed by atoms with Crippen LogP contribution in [0.5, 0.6) is 5.75 Å². The fourth-order valence-electron chi connectivity index (χ4n) is 1.85. The number of hydrogen-bond acceptors (Lipinski definition) is 4. The van der Waals surface area contributed by atoms with Crippen LogP contribution in [0.25, 0.3) is 0 Å². The molecule has 0 bridgehead atoms. The lowest BCUT2D eigenvalue weighted by molar-refractivity contribution is 0.0801. The van der Waals surface area contributed by atoms with E-state index in [1.165, 1.54) is 23.3 Å². The number of carbonyl (C=O) groups excluding carboxylic acids is 1. The molecule has 0 aliphatic heterocycles. The fraction of sp³-hybridized carbons (Fsp3) is 0.250. The molecule has 1 amide bonds. The van der Waals surface area contributed by atoms with Crippen LogP contribution in [0.15, 0.2) is 47.1 Å². The molecule has 2 rings (SSSR count). The summed E-state index contributed by atoms with van der Waals surface area (Å²) in [6.07, 6.45) is 1.26. The monoisotopic (exact) mass is 304 g/mol. The van der Waals surface area contributed by atoms with Gasteiger partial charge < -0.3 is 14.1 Å². The minimum atomic E-state index is -0.466. The highest BCUT2D eigenvalue weighted by molar-refractivity contribution is 5.91. The van der Waals surface area contributed by atoms with Crippen LogP contribution < -0.4 is 4.74 Å². The highest BCUT2D eigenvalue weighted by Crippen LogP contribution is 2.17. The second-order valence-corrected chi connectivity index (χ2v) is 4.96. The first-order valence-corrected chi connectivity index (χ1v) is 6.69. The van der Waals surface area contributed by atoms with Gasteiger partial charge >= 0.3 is 0 Å². The Kier molecular flexibility index (Phi) is 4.93. The molecule has 0 spiro atoms. The van der Waals surface area contributed by atoms with Gasteiger partial charge in [0.05, 0.1) is 0 Å². The summed E-state index contributed by atoms with van der Waals surface area (Å²) >= 11 is 0. The van der Waals surface area contributed by atoms with E-state index in [-0.39, 0.29) is 29.8 Å². The van der Waals surface area contributed by atoms with Crippen molar-refractivity contribution in [2.24, 2.45) is 0 Å². The van der Waals surface area contributed by atoms with Crippen molar-refractivity contribution in [1.29, 1.82) is 0 Å². The maximum absolute atomic E-state index is 13.4. The minimum absolute atomic E-state index is 0.0571. The number of benzene rings is 1. The normalized spacial score (nSPS) is 10.3. The van der Waals surface area contributed by atoms with Crippen LogP contribution in [0.2, 0.25) is 0 Å². The average molecular weight is 304 g/mol. The largest absolute Gasteiger partial charge is 0.481 e. The highest BCUT2D eigenvalue weighted by Gasteiger charge is 2.17. The Morgan fingerprint density at radius 1 is 1.45 bits per heavy atom. The van der Waals surface area contributed by atoms with E-state index in [1.807, 2.05) is 6.92 Å². The molecule has 0 saturated carbocycles. The Morgan fingerprint density at radius 3 is 2.86 bits per heavy atom. The first-order chi connectivity index (χ1) is 10.5. The molecule has 1 aromatic carbocycles. The van der Waals surface area contributed by atoms with Crippen LogP contribution in [0, 0.1) is 5.82 Å². The van der Waals surface area contributed by atoms with Gasteiger partial charge in [0.1, 0.15) is 6.26 Å². The highest BCUT2D eigenvalue weighted by atomic mass is 19.1. The second-order valence-electron chi connectivity index (χ2n) is 4.96. The van der Waals surface area contributed by atoms with Crippen molar-refractivity contribution < 1.29 is 18.3 Å². The summed E-state index contributed by atoms with van der Waals surface area (Å²) in [6, 6.07) is 6.04. The lowest BCUT2D eigenvalue weighted by Gasteiger charge is -2.14. The summed E-state index contributed by atoms with van der Waals surface area (Å²) in [5, 5.41) is 0. The number of oxazole rings is 1. The lowest BCUT2D eigenvalue weighted by atomic mass is 10.3. The van der Waals surface area contributed by atoms with Gasteiger partial charge in [0, 0.05) is 13.6 Å². The molecule has 0 aliphatic carbocycles. The molecule has 0 unspecified atom stereocenters. The van der Waals surface area contributed by atoms with E-state index in [2.05, 4.69) is 11.6 Å². The third-order valence-corrected chi connectivity index (χ3v) is 2.81. The maximum atomic E-state index is 13.4. The van der Waals surface area contributed by atoms with Crippen LogP contribution in [0.4, 0.5) is 4.39 Å². The summed E-state index contributed by atoms with van der Waals surface area (Å²) in [7, 11) is 1.65. The van der Waals surface area contributed by atoms with Gasteiger partial charge in [-0.3, -0.25) is 4.79 Å². The van der Waals surface area contributed by atoms with Crippen LogP contribution >= 0.6 is 0 Å². The van der Waals surface area contributed by atoms with Gasteiger partial charge in [-0.2, -0.15) is 0 Å². The molecule has 22 heavy (non-hydrogen) atoms. The Hall–Kier alpha value is -2.63. The summed E-state index contributed by atoms with van der Waals surface area (Å²) in [5.74, 6) is -0.432. The zero-order valence-corrected chi connectivity index (χ0v) is 12.5. The van der Waals surface area contributed by atoms with E-state index in [1.54, 1.807) is 19.2 Å². The van der Waals surface area contributed by atoms with Gasteiger partial charge in [-0.25, -0.2) is 9.37 Å². The summed E-state index contributed by atoms with van der Waals surface area (Å²) < 4.78 is 23.9. The van der Waals surface area contributed by atoms with Crippen LogP contribution in [0.3, 0.4) is 0 Å².